The standard InChI is InChI=1S/C26H22FNO3/c1-16-25-20(14-28(15-30-25)17(2)19-6-4-3-5-7-19)13-22-24(29)23(31-26(16)22)12-18-8-10-21(27)11-9-18/h3-13,17H,14-15H2,1-2H3/b23-12-. The summed E-state index contributed by atoms with van der Waals surface area (Å²) in [5.41, 5.74) is 4.28. The smallest absolute Gasteiger partial charge is 0.231 e. The van der Waals surface area contributed by atoms with Gasteiger partial charge in [-0.1, -0.05) is 42.5 Å². The fraction of sp³-hybridized carbons (Fsp3) is 0.192. The normalized spacial score (nSPS) is 17.6. The van der Waals surface area contributed by atoms with Gasteiger partial charge in [0.25, 0.3) is 0 Å². The third-order valence-corrected chi connectivity index (χ3v) is 5.96. The molecule has 0 spiro atoms. The highest BCUT2D eigenvalue weighted by atomic mass is 19.1. The molecule has 2 aliphatic rings. The van der Waals surface area contributed by atoms with Crippen molar-refractivity contribution in [2.24, 2.45) is 0 Å². The summed E-state index contributed by atoms with van der Waals surface area (Å²) < 4.78 is 25.2. The van der Waals surface area contributed by atoms with E-state index in [1.54, 1.807) is 18.2 Å². The first-order valence-electron chi connectivity index (χ1n) is 10.3. The Morgan fingerprint density at radius 2 is 1.81 bits per heavy atom. The van der Waals surface area contributed by atoms with Crippen molar-refractivity contribution in [2.75, 3.05) is 6.73 Å². The number of rotatable bonds is 3. The molecule has 2 aliphatic heterocycles. The van der Waals surface area contributed by atoms with Gasteiger partial charge in [0.1, 0.15) is 24.0 Å². The lowest BCUT2D eigenvalue weighted by Crippen LogP contribution is -2.34. The van der Waals surface area contributed by atoms with Gasteiger partial charge >= 0.3 is 0 Å². The monoisotopic (exact) mass is 415 g/mol. The number of ketones is 1. The van der Waals surface area contributed by atoms with Crippen molar-refractivity contribution in [3.8, 4) is 11.5 Å². The largest absolute Gasteiger partial charge is 0.477 e. The predicted molar refractivity (Wildman–Crippen MR) is 116 cm³/mol. The molecule has 4 nitrogen and oxygen atoms in total. The fourth-order valence-electron chi connectivity index (χ4n) is 4.17. The van der Waals surface area contributed by atoms with Gasteiger partial charge in [-0.25, -0.2) is 4.39 Å². The van der Waals surface area contributed by atoms with Gasteiger partial charge in [-0.05, 0) is 49.2 Å². The van der Waals surface area contributed by atoms with Crippen molar-refractivity contribution in [1.29, 1.82) is 0 Å². The molecule has 0 fully saturated rings. The van der Waals surface area contributed by atoms with Crippen LogP contribution in [0.4, 0.5) is 4.39 Å². The lowest BCUT2D eigenvalue weighted by molar-refractivity contribution is 0.0609. The van der Waals surface area contributed by atoms with Crippen molar-refractivity contribution >= 4 is 11.9 Å². The summed E-state index contributed by atoms with van der Waals surface area (Å²) in [6.07, 6.45) is 1.64. The maximum Gasteiger partial charge on any atom is 0.231 e. The van der Waals surface area contributed by atoms with Crippen molar-refractivity contribution in [3.05, 3.63) is 100 Å². The van der Waals surface area contributed by atoms with Crippen molar-refractivity contribution < 1.29 is 18.7 Å². The average molecular weight is 415 g/mol. The van der Waals surface area contributed by atoms with Crippen LogP contribution in [0.2, 0.25) is 0 Å². The van der Waals surface area contributed by atoms with E-state index < -0.39 is 0 Å². The number of nitrogens with zero attached hydrogens (tertiary/aromatic N) is 1. The van der Waals surface area contributed by atoms with Gasteiger partial charge < -0.3 is 9.47 Å². The Bertz CT molecular complexity index is 1190. The van der Waals surface area contributed by atoms with Gasteiger partial charge in [-0.3, -0.25) is 9.69 Å². The second-order valence-electron chi connectivity index (χ2n) is 7.96. The zero-order chi connectivity index (χ0) is 21.5. The number of Topliss-reactive ketones (excluding diaryl/α,β-unsaturated/α-hetero) is 1. The third kappa shape index (κ3) is 3.51. The molecule has 3 aromatic rings. The molecule has 3 aromatic carbocycles. The van der Waals surface area contributed by atoms with E-state index in [1.165, 1.54) is 17.7 Å². The van der Waals surface area contributed by atoms with E-state index in [4.69, 9.17) is 9.47 Å². The predicted octanol–water partition coefficient (Wildman–Crippen LogP) is 5.66. The Morgan fingerprint density at radius 3 is 2.55 bits per heavy atom. The van der Waals surface area contributed by atoms with Crippen molar-refractivity contribution in [2.45, 2.75) is 26.4 Å². The molecule has 0 N–H and O–H groups in total. The number of hydrogen-bond donors (Lipinski definition) is 0. The number of allylic oxidation sites excluding steroid dienone is 1. The summed E-state index contributed by atoms with van der Waals surface area (Å²) in [5.74, 6) is 1.08. The number of hydrogen-bond acceptors (Lipinski definition) is 4. The SMILES string of the molecule is Cc1c2c(cc3c1O/C(=C\c1ccc(F)cc1)C3=O)CN(C(C)c1ccccc1)CO2. The highest BCUT2D eigenvalue weighted by molar-refractivity contribution is 6.15. The molecule has 31 heavy (non-hydrogen) atoms. The summed E-state index contributed by atoms with van der Waals surface area (Å²) in [7, 11) is 0. The lowest BCUT2D eigenvalue weighted by Gasteiger charge is -2.34. The molecule has 0 bridgehead atoms. The van der Waals surface area contributed by atoms with Gasteiger partial charge in [-0.15, -0.1) is 0 Å². The third-order valence-electron chi connectivity index (χ3n) is 5.96. The first-order chi connectivity index (χ1) is 15.0. The average Bonchev–Trinajstić information content (AvgIpc) is 3.11. The molecule has 0 radical (unpaired) electrons. The molecule has 5 rings (SSSR count). The number of halogens is 1. The van der Waals surface area contributed by atoms with Crippen LogP contribution < -0.4 is 9.47 Å². The van der Waals surface area contributed by atoms with Gasteiger partial charge in [0.2, 0.25) is 5.78 Å². The minimum absolute atomic E-state index is 0.168. The van der Waals surface area contributed by atoms with E-state index in [0.717, 1.165) is 16.9 Å². The Morgan fingerprint density at radius 1 is 1.06 bits per heavy atom. The first kappa shape index (κ1) is 19.5. The number of ether oxygens (including phenoxy) is 2. The second-order valence-corrected chi connectivity index (χ2v) is 7.96. The molecule has 5 heteroatoms. The molecule has 1 unspecified atom stereocenters. The molecule has 0 aromatic heterocycles. The van der Waals surface area contributed by atoms with Gasteiger partial charge in [0.15, 0.2) is 5.76 Å². The highest BCUT2D eigenvalue weighted by Gasteiger charge is 2.34. The summed E-state index contributed by atoms with van der Waals surface area (Å²) >= 11 is 0. The zero-order valence-electron chi connectivity index (χ0n) is 17.4. The van der Waals surface area contributed by atoms with Crippen LogP contribution >= 0.6 is 0 Å². The maximum absolute atomic E-state index is 13.2. The molecule has 0 amide bonds. The highest BCUT2D eigenvalue weighted by Crippen LogP contribution is 2.44. The van der Waals surface area contributed by atoms with Crippen molar-refractivity contribution in [3.63, 3.8) is 0 Å². The maximum atomic E-state index is 13.2. The van der Waals surface area contributed by atoms with Gasteiger partial charge in [0, 0.05) is 23.7 Å². The van der Waals surface area contributed by atoms with Crippen LogP contribution in [-0.4, -0.2) is 17.4 Å². The van der Waals surface area contributed by atoms with E-state index >= 15 is 0 Å². The lowest BCUT2D eigenvalue weighted by atomic mass is 9.99. The summed E-state index contributed by atoms with van der Waals surface area (Å²) in [4.78, 5) is 15.3. The Balaban J connectivity index is 1.45. The van der Waals surface area contributed by atoms with Gasteiger partial charge in [-0.2, -0.15) is 0 Å². The molecular formula is C26H22FNO3. The van der Waals surface area contributed by atoms with E-state index in [2.05, 4.69) is 24.0 Å². The molecule has 156 valence electrons. The zero-order valence-corrected chi connectivity index (χ0v) is 17.4. The first-order valence-corrected chi connectivity index (χ1v) is 10.3. The molecule has 1 atom stereocenters. The van der Waals surface area contributed by atoms with Crippen LogP contribution in [0.25, 0.3) is 6.08 Å². The Labute approximate surface area is 180 Å². The summed E-state index contributed by atoms with van der Waals surface area (Å²) in [6.45, 7) is 5.22. The molecule has 0 saturated heterocycles. The minimum Gasteiger partial charge on any atom is -0.477 e. The van der Waals surface area contributed by atoms with E-state index in [9.17, 15) is 9.18 Å². The Kier molecular flexibility index (Phi) is 4.83. The van der Waals surface area contributed by atoms with Crippen LogP contribution in [0.3, 0.4) is 0 Å². The number of carbonyl (C=O) groups excluding carboxylic acids is 1. The van der Waals surface area contributed by atoms with E-state index in [-0.39, 0.29) is 23.4 Å². The van der Waals surface area contributed by atoms with Crippen LogP contribution in [0.1, 0.15) is 45.6 Å². The fourth-order valence-corrected chi connectivity index (χ4v) is 4.17. The summed E-state index contributed by atoms with van der Waals surface area (Å²) in [5, 5.41) is 0. The van der Waals surface area contributed by atoms with Gasteiger partial charge in [0.05, 0.1) is 5.56 Å². The topological polar surface area (TPSA) is 38.8 Å². The van der Waals surface area contributed by atoms with E-state index in [0.29, 0.717) is 30.2 Å². The molecule has 0 aliphatic carbocycles. The van der Waals surface area contributed by atoms with Crippen LogP contribution in [0, 0.1) is 12.7 Å². The van der Waals surface area contributed by atoms with Crippen LogP contribution in [-0.2, 0) is 6.54 Å². The quantitative estimate of drug-likeness (QED) is 0.517. The molecular weight excluding hydrogens is 393 g/mol. The summed E-state index contributed by atoms with van der Waals surface area (Å²) in [6, 6.07) is 18.3. The number of benzene rings is 3. The molecule has 2 heterocycles. The number of carbonyl (C=O) groups is 1. The number of fused-ring (bicyclic) bond motifs is 2. The van der Waals surface area contributed by atoms with Crippen LogP contribution in [0.15, 0.2) is 66.4 Å². The van der Waals surface area contributed by atoms with E-state index in [1.807, 2.05) is 31.2 Å². The minimum atomic E-state index is -0.320. The molecule has 0 saturated carbocycles. The Hall–Kier alpha value is -3.44. The van der Waals surface area contributed by atoms with Crippen molar-refractivity contribution in [1.82, 2.24) is 4.90 Å². The second kappa shape index (κ2) is 7.67. The van der Waals surface area contributed by atoms with Crippen LogP contribution in [0.5, 0.6) is 11.5 Å².